The minimum atomic E-state index is -0.360. The second-order valence-corrected chi connectivity index (χ2v) is 6.67. The quantitative estimate of drug-likeness (QED) is 0.719. The lowest BCUT2D eigenvalue weighted by Gasteiger charge is -2.16. The molecule has 25 heavy (non-hydrogen) atoms. The Labute approximate surface area is 147 Å². The molecule has 132 valence electrons. The SMILES string of the molecule is COC(=O)Cc1cccc(C2CC2)c1COc1cc(C)c(C)cc1F. The van der Waals surface area contributed by atoms with Crippen molar-refractivity contribution in [2.24, 2.45) is 0 Å². The number of hydrogen-bond acceptors (Lipinski definition) is 3. The number of methoxy groups -OCH3 is 1. The Kier molecular flexibility index (Phi) is 5.07. The molecule has 0 bridgehead atoms. The zero-order chi connectivity index (χ0) is 18.0. The highest BCUT2D eigenvalue weighted by molar-refractivity contribution is 5.73. The number of rotatable bonds is 6. The van der Waals surface area contributed by atoms with Gasteiger partial charge in [0.1, 0.15) is 6.61 Å². The van der Waals surface area contributed by atoms with Gasteiger partial charge < -0.3 is 9.47 Å². The van der Waals surface area contributed by atoms with E-state index in [4.69, 9.17) is 9.47 Å². The molecule has 0 heterocycles. The number of aryl methyl sites for hydroxylation is 2. The Morgan fingerprint density at radius 1 is 1.20 bits per heavy atom. The van der Waals surface area contributed by atoms with Crippen LogP contribution < -0.4 is 4.74 Å². The van der Waals surface area contributed by atoms with E-state index in [1.165, 1.54) is 18.7 Å². The van der Waals surface area contributed by atoms with Crippen molar-refractivity contribution in [2.45, 2.75) is 45.6 Å². The topological polar surface area (TPSA) is 35.5 Å². The smallest absolute Gasteiger partial charge is 0.309 e. The largest absolute Gasteiger partial charge is 0.486 e. The first kappa shape index (κ1) is 17.5. The van der Waals surface area contributed by atoms with Crippen molar-refractivity contribution >= 4 is 5.97 Å². The summed E-state index contributed by atoms with van der Waals surface area (Å²) in [5.74, 6) is 0.117. The monoisotopic (exact) mass is 342 g/mol. The van der Waals surface area contributed by atoms with Crippen LogP contribution in [0.15, 0.2) is 30.3 Å². The summed E-state index contributed by atoms with van der Waals surface area (Å²) < 4.78 is 24.8. The fourth-order valence-corrected chi connectivity index (χ4v) is 3.02. The van der Waals surface area contributed by atoms with Crippen LogP contribution in [0.4, 0.5) is 4.39 Å². The molecule has 0 N–H and O–H groups in total. The predicted octanol–water partition coefficient (Wildman–Crippen LogP) is 4.61. The van der Waals surface area contributed by atoms with E-state index in [0.717, 1.165) is 35.1 Å². The number of hydrogen-bond donors (Lipinski definition) is 0. The van der Waals surface area contributed by atoms with Crippen molar-refractivity contribution in [3.8, 4) is 5.75 Å². The van der Waals surface area contributed by atoms with Crippen LogP contribution in [-0.2, 0) is 22.6 Å². The molecular formula is C21H23FO3. The van der Waals surface area contributed by atoms with Crippen molar-refractivity contribution in [2.75, 3.05) is 7.11 Å². The number of carbonyl (C=O) groups is 1. The summed E-state index contributed by atoms with van der Waals surface area (Å²) in [6.07, 6.45) is 2.49. The Balaban J connectivity index is 1.88. The first-order valence-electron chi connectivity index (χ1n) is 8.56. The van der Waals surface area contributed by atoms with E-state index in [1.54, 1.807) is 6.07 Å². The third-order valence-electron chi connectivity index (χ3n) is 4.81. The molecule has 1 saturated carbocycles. The maximum atomic E-state index is 14.2. The molecule has 1 aliphatic carbocycles. The summed E-state index contributed by atoms with van der Waals surface area (Å²) in [4.78, 5) is 11.7. The molecule has 1 fully saturated rings. The standard InChI is InChI=1S/C21H23FO3/c1-13-9-19(22)20(10-14(13)2)25-12-18-16(11-21(23)24-3)5-4-6-17(18)15-7-8-15/h4-6,9-10,15H,7-8,11-12H2,1-3H3. The molecule has 0 amide bonds. The van der Waals surface area contributed by atoms with Gasteiger partial charge in [-0.15, -0.1) is 0 Å². The fraction of sp³-hybridized carbons (Fsp3) is 0.381. The van der Waals surface area contributed by atoms with Crippen LogP contribution in [0.2, 0.25) is 0 Å². The van der Waals surface area contributed by atoms with Gasteiger partial charge in [-0.05, 0) is 72.6 Å². The molecule has 0 unspecified atom stereocenters. The maximum Gasteiger partial charge on any atom is 0.309 e. The molecule has 0 radical (unpaired) electrons. The fourth-order valence-electron chi connectivity index (χ4n) is 3.02. The Hall–Kier alpha value is -2.36. The molecule has 2 aromatic carbocycles. The van der Waals surface area contributed by atoms with Gasteiger partial charge in [-0.25, -0.2) is 4.39 Å². The van der Waals surface area contributed by atoms with E-state index < -0.39 is 0 Å². The first-order chi connectivity index (χ1) is 12.0. The molecule has 0 aromatic heterocycles. The van der Waals surface area contributed by atoms with Gasteiger partial charge in [0.15, 0.2) is 11.6 Å². The Morgan fingerprint density at radius 3 is 2.60 bits per heavy atom. The van der Waals surface area contributed by atoms with Gasteiger partial charge >= 0.3 is 5.97 Å². The zero-order valence-corrected chi connectivity index (χ0v) is 14.9. The number of esters is 1. The lowest BCUT2D eigenvalue weighted by Crippen LogP contribution is -2.11. The molecule has 0 saturated heterocycles. The van der Waals surface area contributed by atoms with Gasteiger partial charge in [0.2, 0.25) is 0 Å². The third-order valence-corrected chi connectivity index (χ3v) is 4.81. The molecular weight excluding hydrogens is 319 g/mol. The van der Waals surface area contributed by atoms with E-state index in [2.05, 4.69) is 6.07 Å². The minimum Gasteiger partial charge on any atom is -0.486 e. The normalized spacial score (nSPS) is 13.6. The summed E-state index contributed by atoms with van der Waals surface area (Å²) in [6.45, 7) is 4.06. The van der Waals surface area contributed by atoms with Crippen molar-refractivity contribution in [1.82, 2.24) is 0 Å². The number of ether oxygens (including phenoxy) is 2. The lowest BCUT2D eigenvalue weighted by atomic mass is 9.96. The minimum absolute atomic E-state index is 0.200. The zero-order valence-electron chi connectivity index (χ0n) is 14.9. The van der Waals surface area contributed by atoms with E-state index in [0.29, 0.717) is 5.92 Å². The molecule has 1 aliphatic rings. The number of benzene rings is 2. The lowest BCUT2D eigenvalue weighted by molar-refractivity contribution is -0.139. The second-order valence-electron chi connectivity index (χ2n) is 6.67. The van der Waals surface area contributed by atoms with Gasteiger partial charge in [-0.3, -0.25) is 4.79 Å². The van der Waals surface area contributed by atoms with Gasteiger partial charge in [0.25, 0.3) is 0 Å². The first-order valence-corrected chi connectivity index (χ1v) is 8.56. The number of carbonyl (C=O) groups excluding carboxylic acids is 1. The van der Waals surface area contributed by atoms with Crippen molar-refractivity contribution < 1.29 is 18.7 Å². The summed E-state index contributed by atoms with van der Waals surface area (Å²) in [7, 11) is 1.38. The van der Waals surface area contributed by atoms with Gasteiger partial charge in [-0.1, -0.05) is 18.2 Å². The van der Waals surface area contributed by atoms with Crippen LogP contribution in [-0.4, -0.2) is 13.1 Å². The van der Waals surface area contributed by atoms with E-state index in [9.17, 15) is 9.18 Å². The van der Waals surface area contributed by atoms with Crippen LogP contribution in [0.3, 0.4) is 0 Å². The van der Waals surface area contributed by atoms with Crippen LogP contribution in [0.5, 0.6) is 5.75 Å². The van der Waals surface area contributed by atoms with Gasteiger partial charge in [-0.2, -0.15) is 0 Å². The third kappa shape index (κ3) is 4.01. The molecule has 3 rings (SSSR count). The highest BCUT2D eigenvalue weighted by Gasteiger charge is 2.27. The van der Waals surface area contributed by atoms with Crippen molar-refractivity contribution in [3.63, 3.8) is 0 Å². The van der Waals surface area contributed by atoms with Crippen molar-refractivity contribution in [3.05, 3.63) is 64.0 Å². The Morgan fingerprint density at radius 2 is 1.92 bits per heavy atom. The average Bonchev–Trinajstić information content (AvgIpc) is 3.42. The molecule has 0 spiro atoms. The molecule has 4 heteroatoms. The maximum absolute atomic E-state index is 14.2. The second kappa shape index (κ2) is 7.26. The van der Waals surface area contributed by atoms with Crippen LogP contribution in [0, 0.1) is 19.7 Å². The van der Waals surface area contributed by atoms with Crippen molar-refractivity contribution in [1.29, 1.82) is 0 Å². The summed E-state index contributed by atoms with van der Waals surface area (Å²) >= 11 is 0. The van der Waals surface area contributed by atoms with E-state index >= 15 is 0 Å². The molecule has 3 nitrogen and oxygen atoms in total. The van der Waals surface area contributed by atoms with E-state index in [1.807, 2.05) is 26.0 Å². The molecule has 0 aliphatic heterocycles. The summed E-state index contributed by atoms with van der Waals surface area (Å²) in [5, 5.41) is 0. The van der Waals surface area contributed by atoms with Gasteiger partial charge in [0.05, 0.1) is 13.5 Å². The summed E-state index contributed by atoms with van der Waals surface area (Å²) in [5.41, 5.74) is 4.95. The summed E-state index contributed by atoms with van der Waals surface area (Å²) in [6, 6.07) is 9.18. The van der Waals surface area contributed by atoms with Crippen LogP contribution >= 0.6 is 0 Å². The highest BCUT2D eigenvalue weighted by Crippen LogP contribution is 2.42. The van der Waals surface area contributed by atoms with Crippen LogP contribution in [0.1, 0.15) is 46.6 Å². The molecule has 0 atom stereocenters. The van der Waals surface area contributed by atoms with Crippen LogP contribution in [0.25, 0.3) is 0 Å². The highest BCUT2D eigenvalue weighted by atomic mass is 19.1. The Bertz CT molecular complexity index is 794. The van der Waals surface area contributed by atoms with Gasteiger partial charge in [0, 0.05) is 0 Å². The molecule has 2 aromatic rings. The predicted molar refractivity (Wildman–Crippen MR) is 94.3 cm³/mol. The average molecular weight is 342 g/mol. The van der Waals surface area contributed by atoms with E-state index in [-0.39, 0.29) is 30.6 Å². The number of halogens is 1.